The average Bonchev–Trinajstić information content (AvgIpc) is 2.53. The number of hydrogen-bond acceptors (Lipinski definition) is 2. The summed E-state index contributed by atoms with van der Waals surface area (Å²) in [6.07, 6.45) is 4.18. The van der Waals surface area contributed by atoms with Crippen molar-refractivity contribution in [3.63, 3.8) is 0 Å². The van der Waals surface area contributed by atoms with Crippen LogP contribution in [0.3, 0.4) is 0 Å². The second kappa shape index (κ2) is 7.83. The molecule has 3 N–H and O–H groups in total. The van der Waals surface area contributed by atoms with E-state index in [2.05, 4.69) is 66.9 Å². The summed E-state index contributed by atoms with van der Waals surface area (Å²) in [5, 5.41) is 0. The number of hydrazine groups is 1. The van der Waals surface area contributed by atoms with Crippen LogP contribution in [0, 0.1) is 0 Å². The van der Waals surface area contributed by atoms with Crippen molar-refractivity contribution in [1.29, 1.82) is 0 Å². The number of rotatable bonds is 7. The Morgan fingerprint density at radius 2 is 1.55 bits per heavy atom. The van der Waals surface area contributed by atoms with Gasteiger partial charge in [-0.2, -0.15) is 0 Å². The van der Waals surface area contributed by atoms with Crippen LogP contribution in [0.2, 0.25) is 0 Å². The first-order chi connectivity index (χ1) is 9.81. The molecule has 0 aliphatic carbocycles. The van der Waals surface area contributed by atoms with Crippen LogP contribution in [0.1, 0.15) is 30.0 Å². The maximum absolute atomic E-state index is 5.69. The highest BCUT2D eigenvalue weighted by atomic mass is 15.2. The molecular formula is C18H24N2. The van der Waals surface area contributed by atoms with Crippen molar-refractivity contribution in [2.24, 2.45) is 5.84 Å². The van der Waals surface area contributed by atoms with E-state index in [1.165, 1.54) is 16.7 Å². The molecule has 0 radical (unpaired) electrons. The molecule has 20 heavy (non-hydrogen) atoms. The van der Waals surface area contributed by atoms with Crippen LogP contribution in [-0.4, -0.2) is 6.04 Å². The Morgan fingerprint density at radius 1 is 0.900 bits per heavy atom. The van der Waals surface area contributed by atoms with E-state index >= 15 is 0 Å². The third kappa shape index (κ3) is 4.48. The summed E-state index contributed by atoms with van der Waals surface area (Å²) in [6.45, 7) is 2.18. The Kier molecular flexibility index (Phi) is 5.78. The van der Waals surface area contributed by atoms with Crippen molar-refractivity contribution in [3.05, 3.63) is 71.3 Å². The van der Waals surface area contributed by atoms with Crippen LogP contribution in [0.4, 0.5) is 0 Å². The fraction of sp³-hybridized carbons (Fsp3) is 0.333. The van der Waals surface area contributed by atoms with Gasteiger partial charge in [-0.05, 0) is 42.4 Å². The molecule has 2 heteroatoms. The molecule has 2 aromatic rings. The molecule has 0 amide bonds. The van der Waals surface area contributed by atoms with Gasteiger partial charge in [0, 0.05) is 6.04 Å². The first kappa shape index (κ1) is 14.8. The van der Waals surface area contributed by atoms with E-state index < -0.39 is 0 Å². The number of hydrogen-bond donors (Lipinski definition) is 2. The summed E-state index contributed by atoms with van der Waals surface area (Å²) >= 11 is 0. The van der Waals surface area contributed by atoms with Crippen molar-refractivity contribution in [1.82, 2.24) is 5.43 Å². The van der Waals surface area contributed by atoms with Crippen molar-refractivity contribution in [3.8, 4) is 0 Å². The molecule has 2 rings (SSSR count). The molecule has 0 fully saturated rings. The fourth-order valence-corrected chi connectivity index (χ4v) is 2.43. The first-order valence-corrected chi connectivity index (χ1v) is 7.39. The largest absolute Gasteiger partial charge is 0.271 e. The maximum Gasteiger partial charge on any atom is 0.0254 e. The van der Waals surface area contributed by atoms with E-state index in [1.807, 2.05) is 0 Å². The van der Waals surface area contributed by atoms with Gasteiger partial charge < -0.3 is 0 Å². The number of aryl methyl sites for hydroxylation is 2. The summed E-state index contributed by atoms with van der Waals surface area (Å²) in [5.41, 5.74) is 7.05. The number of nitrogens with two attached hydrogens (primary N) is 1. The van der Waals surface area contributed by atoms with E-state index in [4.69, 9.17) is 5.84 Å². The Bertz CT molecular complexity index is 491. The van der Waals surface area contributed by atoms with Crippen LogP contribution in [-0.2, 0) is 19.3 Å². The molecule has 0 aromatic heterocycles. The molecule has 1 unspecified atom stereocenters. The Labute approximate surface area is 122 Å². The number of benzene rings is 2. The quantitative estimate of drug-likeness (QED) is 0.597. The second-order valence-electron chi connectivity index (χ2n) is 5.26. The van der Waals surface area contributed by atoms with Crippen LogP contribution in [0.15, 0.2) is 54.6 Å². The zero-order valence-corrected chi connectivity index (χ0v) is 12.2. The molecule has 1 atom stereocenters. The molecule has 0 saturated heterocycles. The van der Waals surface area contributed by atoms with Crippen LogP contribution < -0.4 is 11.3 Å². The van der Waals surface area contributed by atoms with Gasteiger partial charge >= 0.3 is 0 Å². The van der Waals surface area contributed by atoms with Crippen molar-refractivity contribution in [2.45, 2.75) is 38.6 Å². The van der Waals surface area contributed by atoms with Crippen LogP contribution >= 0.6 is 0 Å². The SMILES string of the molecule is CCc1ccc(CC(CCc2ccccc2)NN)cc1. The Balaban J connectivity index is 1.88. The van der Waals surface area contributed by atoms with Gasteiger partial charge in [0.25, 0.3) is 0 Å². The standard InChI is InChI=1S/C18H24N2/c1-2-15-8-10-17(11-9-15)14-18(20-19)13-12-16-6-4-3-5-7-16/h3-11,18,20H,2,12-14,19H2,1H3. The summed E-state index contributed by atoms with van der Waals surface area (Å²) in [5.74, 6) is 5.69. The Morgan fingerprint density at radius 3 is 2.15 bits per heavy atom. The zero-order valence-electron chi connectivity index (χ0n) is 12.2. The predicted molar refractivity (Wildman–Crippen MR) is 85.4 cm³/mol. The lowest BCUT2D eigenvalue weighted by Gasteiger charge is -2.16. The van der Waals surface area contributed by atoms with E-state index in [9.17, 15) is 0 Å². The van der Waals surface area contributed by atoms with E-state index in [1.54, 1.807) is 0 Å². The van der Waals surface area contributed by atoms with Crippen molar-refractivity contribution < 1.29 is 0 Å². The van der Waals surface area contributed by atoms with Gasteiger partial charge in [-0.25, -0.2) is 0 Å². The molecule has 2 aromatic carbocycles. The monoisotopic (exact) mass is 268 g/mol. The van der Waals surface area contributed by atoms with Gasteiger partial charge in [-0.3, -0.25) is 11.3 Å². The third-order valence-corrected chi connectivity index (χ3v) is 3.77. The lowest BCUT2D eigenvalue weighted by atomic mass is 9.98. The summed E-state index contributed by atoms with van der Waals surface area (Å²) in [7, 11) is 0. The molecule has 2 nitrogen and oxygen atoms in total. The minimum Gasteiger partial charge on any atom is -0.271 e. The molecular weight excluding hydrogens is 244 g/mol. The third-order valence-electron chi connectivity index (χ3n) is 3.77. The van der Waals surface area contributed by atoms with Crippen molar-refractivity contribution in [2.75, 3.05) is 0 Å². The normalized spacial score (nSPS) is 12.3. The first-order valence-electron chi connectivity index (χ1n) is 7.39. The van der Waals surface area contributed by atoms with Gasteiger partial charge in [0.2, 0.25) is 0 Å². The smallest absolute Gasteiger partial charge is 0.0254 e. The summed E-state index contributed by atoms with van der Waals surface area (Å²) in [4.78, 5) is 0. The predicted octanol–water partition coefficient (Wildman–Crippen LogP) is 3.26. The summed E-state index contributed by atoms with van der Waals surface area (Å²) in [6, 6.07) is 19.7. The molecule has 0 saturated carbocycles. The highest BCUT2D eigenvalue weighted by Gasteiger charge is 2.08. The fourth-order valence-electron chi connectivity index (χ4n) is 2.43. The van der Waals surface area contributed by atoms with E-state index in [-0.39, 0.29) is 0 Å². The zero-order chi connectivity index (χ0) is 14.2. The molecule has 0 aliphatic rings. The van der Waals surface area contributed by atoms with Gasteiger partial charge in [0.15, 0.2) is 0 Å². The number of nitrogens with one attached hydrogen (secondary N) is 1. The lowest BCUT2D eigenvalue weighted by Crippen LogP contribution is -2.37. The molecule has 0 heterocycles. The maximum atomic E-state index is 5.69. The molecule has 0 spiro atoms. The summed E-state index contributed by atoms with van der Waals surface area (Å²) < 4.78 is 0. The second-order valence-corrected chi connectivity index (χ2v) is 5.26. The van der Waals surface area contributed by atoms with Gasteiger partial charge in [-0.1, -0.05) is 61.5 Å². The average molecular weight is 268 g/mol. The minimum atomic E-state index is 0.322. The van der Waals surface area contributed by atoms with Crippen LogP contribution in [0.25, 0.3) is 0 Å². The van der Waals surface area contributed by atoms with Gasteiger partial charge in [-0.15, -0.1) is 0 Å². The Hall–Kier alpha value is -1.64. The lowest BCUT2D eigenvalue weighted by molar-refractivity contribution is 0.491. The van der Waals surface area contributed by atoms with Crippen LogP contribution in [0.5, 0.6) is 0 Å². The van der Waals surface area contributed by atoms with E-state index in [0.29, 0.717) is 6.04 Å². The highest BCUT2D eigenvalue weighted by molar-refractivity contribution is 5.23. The topological polar surface area (TPSA) is 38.0 Å². The molecule has 106 valence electrons. The van der Waals surface area contributed by atoms with Gasteiger partial charge in [0.1, 0.15) is 0 Å². The highest BCUT2D eigenvalue weighted by Crippen LogP contribution is 2.11. The van der Waals surface area contributed by atoms with Gasteiger partial charge in [0.05, 0.1) is 0 Å². The molecule has 0 aliphatic heterocycles. The molecule has 0 bridgehead atoms. The minimum absolute atomic E-state index is 0.322. The van der Waals surface area contributed by atoms with E-state index in [0.717, 1.165) is 25.7 Å². The van der Waals surface area contributed by atoms with Crippen molar-refractivity contribution >= 4 is 0 Å².